The van der Waals surface area contributed by atoms with Crippen LogP contribution in [0.5, 0.6) is 0 Å². The van der Waals surface area contributed by atoms with Crippen LogP contribution < -0.4 is 5.32 Å². The first kappa shape index (κ1) is 15.1. The lowest BCUT2D eigenvalue weighted by Crippen LogP contribution is -2.40. The number of hydrogen-bond acceptors (Lipinski definition) is 2. The van der Waals surface area contributed by atoms with Gasteiger partial charge in [-0.05, 0) is 31.0 Å². The molecular weight excluding hydrogens is 299 g/mol. The summed E-state index contributed by atoms with van der Waals surface area (Å²) < 4.78 is 0. The summed E-state index contributed by atoms with van der Waals surface area (Å²) in [5.74, 6) is -1.15. The van der Waals surface area contributed by atoms with Crippen molar-refractivity contribution in [3.8, 4) is 0 Å². The molecule has 0 spiro atoms. The van der Waals surface area contributed by atoms with Gasteiger partial charge in [-0.15, -0.1) is 0 Å². The summed E-state index contributed by atoms with van der Waals surface area (Å²) in [6.07, 6.45) is 4.11. The number of anilines is 1. The van der Waals surface area contributed by atoms with Gasteiger partial charge in [0.2, 0.25) is 0 Å². The SMILES string of the molecule is O=C(Nc1cc(Cl)cc(Cl)c1)C(=O)N1CCCCCC1. The third-order valence-electron chi connectivity index (χ3n) is 3.21. The molecule has 6 heteroatoms. The zero-order chi connectivity index (χ0) is 14.5. The van der Waals surface area contributed by atoms with E-state index in [0.717, 1.165) is 25.7 Å². The quantitative estimate of drug-likeness (QED) is 0.808. The van der Waals surface area contributed by atoms with Gasteiger partial charge in [-0.2, -0.15) is 0 Å². The van der Waals surface area contributed by atoms with Crippen molar-refractivity contribution in [1.29, 1.82) is 0 Å². The highest BCUT2D eigenvalue weighted by Crippen LogP contribution is 2.22. The van der Waals surface area contributed by atoms with Gasteiger partial charge in [-0.25, -0.2) is 0 Å². The molecule has 1 saturated heterocycles. The van der Waals surface area contributed by atoms with Crippen molar-refractivity contribution >= 4 is 40.7 Å². The van der Waals surface area contributed by atoms with E-state index in [1.165, 1.54) is 0 Å². The van der Waals surface area contributed by atoms with Crippen molar-refractivity contribution in [3.63, 3.8) is 0 Å². The first-order valence-corrected chi connectivity index (χ1v) is 7.38. The molecule has 1 heterocycles. The summed E-state index contributed by atoms with van der Waals surface area (Å²) in [4.78, 5) is 25.6. The minimum absolute atomic E-state index is 0.412. The molecule has 1 aliphatic rings. The second kappa shape index (κ2) is 6.95. The Morgan fingerprint density at radius 2 is 1.50 bits per heavy atom. The lowest BCUT2D eigenvalue weighted by atomic mass is 10.2. The Morgan fingerprint density at radius 1 is 0.950 bits per heavy atom. The zero-order valence-corrected chi connectivity index (χ0v) is 12.5. The van der Waals surface area contributed by atoms with E-state index in [0.29, 0.717) is 28.8 Å². The van der Waals surface area contributed by atoms with E-state index in [1.807, 2.05) is 0 Å². The molecule has 2 amide bonds. The van der Waals surface area contributed by atoms with Crippen LogP contribution in [0.2, 0.25) is 10.0 Å². The van der Waals surface area contributed by atoms with E-state index in [-0.39, 0.29) is 0 Å². The van der Waals surface area contributed by atoms with Crippen LogP contribution in [-0.4, -0.2) is 29.8 Å². The van der Waals surface area contributed by atoms with Crippen molar-refractivity contribution in [1.82, 2.24) is 4.90 Å². The fourth-order valence-electron chi connectivity index (χ4n) is 2.23. The molecule has 0 aromatic heterocycles. The maximum Gasteiger partial charge on any atom is 0.313 e. The lowest BCUT2D eigenvalue weighted by Gasteiger charge is -2.19. The van der Waals surface area contributed by atoms with Gasteiger partial charge in [0.15, 0.2) is 0 Å². The van der Waals surface area contributed by atoms with Crippen molar-refractivity contribution < 1.29 is 9.59 Å². The summed E-state index contributed by atoms with van der Waals surface area (Å²) in [6.45, 7) is 1.28. The average molecular weight is 315 g/mol. The molecule has 0 radical (unpaired) electrons. The molecule has 0 aliphatic carbocycles. The molecule has 1 aliphatic heterocycles. The summed E-state index contributed by atoms with van der Waals surface area (Å²) in [5.41, 5.74) is 0.427. The lowest BCUT2D eigenvalue weighted by molar-refractivity contribution is -0.143. The summed E-state index contributed by atoms with van der Waals surface area (Å²) in [6, 6.07) is 4.68. The molecule has 1 fully saturated rings. The maximum atomic E-state index is 12.1. The van der Waals surface area contributed by atoms with E-state index in [2.05, 4.69) is 5.32 Å². The Morgan fingerprint density at radius 3 is 2.05 bits per heavy atom. The van der Waals surface area contributed by atoms with Crippen LogP contribution in [-0.2, 0) is 9.59 Å². The highest BCUT2D eigenvalue weighted by Gasteiger charge is 2.22. The molecule has 0 atom stereocenters. The highest BCUT2D eigenvalue weighted by molar-refractivity contribution is 6.40. The van der Waals surface area contributed by atoms with Gasteiger partial charge in [-0.3, -0.25) is 9.59 Å². The van der Waals surface area contributed by atoms with Gasteiger partial charge in [0.25, 0.3) is 0 Å². The van der Waals surface area contributed by atoms with Crippen molar-refractivity contribution in [3.05, 3.63) is 28.2 Å². The third kappa shape index (κ3) is 4.12. The monoisotopic (exact) mass is 314 g/mol. The molecule has 4 nitrogen and oxygen atoms in total. The molecule has 1 N–H and O–H groups in total. The van der Waals surface area contributed by atoms with Gasteiger partial charge in [-0.1, -0.05) is 36.0 Å². The Hall–Kier alpha value is -1.26. The van der Waals surface area contributed by atoms with Crippen molar-refractivity contribution in [2.24, 2.45) is 0 Å². The van der Waals surface area contributed by atoms with E-state index < -0.39 is 11.8 Å². The van der Waals surface area contributed by atoms with Crippen molar-refractivity contribution in [2.45, 2.75) is 25.7 Å². The smallest absolute Gasteiger partial charge is 0.313 e. The van der Waals surface area contributed by atoms with Crippen LogP contribution in [0.1, 0.15) is 25.7 Å². The first-order chi connectivity index (χ1) is 9.56. The molecule has 108 valence electrons. The fourth-order valence-corrected chi connectivity index (χ4v) is 2.75. The van der Waals surface area contributed by atoms with Crippen molar-refractivity contribution in [2.75, 3.05) is 18.4 Å². The first-order valence-electron chi connectivity index (χ1n) is 6.62. The van der Waals surface area contributed by atoms with Crippen LogP contribution in [0.25, 0.3) is 0 Å². The minimum atomic E-state index is -0.648. The molecule has 1 aromatic rings. The number of hydrogen-bond donors (Lipinski definition) is 1. The van der Waals surface area contributed by atoms with Gasteiger partial charge < -0.3 is 10.2 Å². The molecular formula is C14H16Cl2N2O2. The Bertz CT molecular complexity index is 492. The molecule has 2 rings (SSSR count). The van der Waals surface area contributed by atoms with Crippen LogP contribution in [0.3, 0.4) is 0 Å². The van der Waals surface area contributed by atoms with E-state index >= 15 is 0 Å². The molecule has 0 bridgehead atoms. The van der Waals surface area contributed by atoms with Gasteiger partial charge in [0, 0.05) is 28.8 Å². The number of likely N-dealkylation sites (tertiary alicyclic amines) is 1. The fraction of sp³-hybridized carbons (Fsp3) is 0.429. The Labute approximate surface area is 128 Å². The second-order valence-electron chi connectivity index (χ2n) is 4.82. The number of rotatable bonds is 1. The maximum absolute atomic E-state index is 12.1. The van der Waals surface area contributed by atoms with E-state index in [9.17, 15) is 9.59 Å². The van der Waals surface area contributed by atoms with Gasteiger partial charge >= 0.3 is 11.8 Å². The number of carbonyl (C=O) groups excluding carboxylic acids is 2. The van der Waals surface area contributed by atoms with E-state index in [1.54, 1.807) is 23.1 Å². The number of nitrogens with one attached hydrogen (secondary N) is 1. The number of halogens is 2. The predicted octanol–water partition coefficient (Wildman–Crippen LogP) is 3.33. The molecule has 20 heavy (non-hydrogen) atoms. The second-order valence-corrected chi connectivity index (χ2v) is 5.69. The number of benzene rings is 1. The number of nitrogens with zero attached hydrogens (tertiary/aromatic N) is 1. The minimum Gasteiger partial charge on any atom is -0.334 e. The van der Waals surface area contributed by atoms with Crippen LogP contribution >= 0.6 is 23.2 Å². The Balaban J connectivity index is 2.01. The van der Waals surface area contributed by atoms with Gasteiger partial charge in [0.1, 0.15) is 0 Å². The number of amides is 2. The molecule has 1 aromatic carbocycles. The number of carbonyl (C=O) groups is 2. The van der Waals surface area contributed by atoms with Crippen LogP contribution in [0, 0.1) is 0 Å². The van der Waals surface area contributed by atoms with E-state index in [4.69, 9.17) is 23.2 Å². The standard InChI is InChI=1S/C14H16Cl2N2O2/c15-10-7-11(16)9-12(8-10)17-13(19)14(20)18-5-3-1-2-4-6-18/h7-9H,1-6H2,(H,17,19). The van der Waals surface area contributed by atoms with Crippen LogP contribution in [0.4, 0.5) is 5.69 Å². The third-order valence-corrected chi connectivity index (χ3v) is 3.64. The zero-order valence-electron chi connectivity index (χ0n) is 11.0. The predicted molar refractivity (Wildman–Crippen MR) is 80.1 cm³/mol. The summed E-state index contributed by atoms with van der Waals surface area (Å²) in [7, 11) is 0. The highest BCUT2D eigenvalue weighted by atomic mass is 35.5. The molecule has 0 saturated carbocycles. The topological polar surface area (TPSA) is 49.4 Å². The van der Waals surface area contributed by atoms with Gasteiger partial charge in [0.05, 0.1) is 0 Å². The Kier molecular flexibility index (Phi) is 5.26. The summed E-state index contributed by atoms with van der Waals surface area (Å²) in [5, 5.41) is 3.37. The summed E-state index contributed by atoms with van der Waals surface area (Å²) >= 11 is 11.7. The average Bonchev–Trinajstić information content (AvgIpc) is 2.65. The largest absolute Gasteiger partial charge is 0.334 e. The molecule has 0 unspecified atom stereocenters. The normalized spacial score (nSPS) is 15.6. The van der Waals surface area contributed by atoms with Crippen LogP contribution in [0.15, 0.2) is 18.2 Å².